The van der Waals surface area contributed by atoms with Crippen molar-refractivity contribution in [3.8, 4) is 0 Å². The molecular weight excluding hydrogens is 343 g/mol. The third kappa shape index (κ3) is 3.80. The van der Waals surface area contributed by atoms with E-state index >= 15 is 0 Å². The van der Waals surface area contributed by atoms with E-state index in [-0.39, 0.29) is 17.8 Å². The molecular formula is C21H23FN4O. The number of amides is 1. The molecule has 1 saturated heterocycles. The van der Waals surface area contributed by atoms with Crippen LogP contribution in [0.25, 0.3) is 0 Å². The summed E-state index contributed by atoms with van der Waals surface area (Å²) in [7, 11) is 0. The quantitative estimate of drug-likeness (QED) is 0.903. The lowest BCUT2D eigenvalue weighted by atomic mass is 10.1. The van der Waals surface area contributed by atoms with Gasteiger partial charge in [-0.25, -0.2) is 9.40 Å². The lowest BCUT2D eigenvalue weighted by Crippen LogP contribution is -2.51. The summed E-state index contributed by atoms with van der Waals surface area (Å²) >= 11 is 0. The molecule has 2 aromatic carbocycles. The second-order valence-electron chi connectivity index (χ2n) is 6.82. The molecule has 0 aliphatic carbocycles. The second-order valence-corrected chi connectivity index (χ2v) is 6.82. The predicted molar refractivity (Wildman–Crippen MR) is 103 cm³/mol. The summed E-state index contributed by atoms with van der Waals surface area (Å²) < 4.78 is 14.0. The number of rotatable bonds is 4. The van der Waals surface area contributed by atoms with Gasteiger partial charge in [-0.3, -0.25) is 9.69 Å². The number of hydrogen-bond acceptors (Lipinski definition) is 4. The largest absolute Gasteiger partial charge is 0.367 e. The Balaban J connectivity index is 1.34. The monoisotopic (exact) mass is 366 g/mol. The zero-order valence-corrected chi connectivity index (χ0v) is 15.1. The van der Waals surface area contributed by atoms with Crippen molar-refractivity contribution in [1.29, 1.82) is 0 Å². The molecule has 6 heteroatoms. The fourth-order valence-corrected chi connectivity index (χ4v) is 3.64. The first kappa shape index (κ1) is 17.5. The van der Waals surface area contributed by atoms with Crippen molar-refractivity contribution in [2.45, 2.75) is 6.04 Å². The third-order valence-corrected chi connectivity index (χ3v) is 5.10. The number of nitrogens with one attached hydrogen (secondary N) is 1. The molecule has 0 aromatic heterocycles. The molecule has 1 N–H and O–H groups in total. The zero-order chi connectivity index (χ0) is 18.6. The van der Waals surface area contributed by atoms with E-state index in [1.54, 1.807) is 17.1 Å². The molecule has 0 spiro atoms. The SMILES string of the molecule is O=C(CN1CCN(c2ccccc2F)CC1)N1NC=C[C@@H]1c1ccccc1. The van der Waals surface area contributed by atoms with Crippen LogP contribution in [0.4, 0.5) is 10.1 Å². The van der Waals surface area contributed by atoms with Crippen LogP contribution in [0, 0.1) is 5.82 Å². The molecule has 2 heterocycles. The van der Waals surface area contributed by atoms with Gasteiger partial charge in [0.1, 0.15) is 5.82 Å². The van der Waals surface area contributed by atoms with E-state index in [0.717, 1.165) is 18.7 Å². The molecule has 0 saturated carbocycles. The van der Waals surface area contributed by atoms with Gasteiger partial charge in [0.25, 0.3) is 5.91 Å². The van der Waals surface area contributed by atoms with Crippen molar-refractivity contribution in [3.05, 3.63) is 78.3 Å². The third-order valence-electron chi connectivity index (χ3n) is 5.10. The first-order valence-electron chi connectivity index (χ1n) is 9.24. The van der Waals surface area contributed by atoms with Crippen molar-refractivity contribution < 1.29 is 9.18 Å². The summed E-state index contributed by atoms with van der Waals surface area (Å²) in [5.74, 6) is -0.159. The van der Waals surface area contributed by atoms with Crippen LogP contribution >= 0.6 is 0 Å². The van der Waals surface area contributed by atoms with Crippen LogP contribution in [0.1, 0.15) is 11.6 Å². The maximum Gasteiger partial charge on any atom is 0.255 e. The minimum absolute atomic E-state index is 0.0354. The average molecular weight is 366 g/mol. The van der Waals surface area contributed by atoms with Gasteiger partial charge in [0.15, 0.2) is 0 Å². The number of halogens is 1. The molecule has 27 heavy (non-hydrogen) atoms. The highest BCUT2D eigenvalue weighted by Crippen LogP contribution is 2.24. The van der Waals surface area contributed by atoms with E-state index in [2.05, 4.69) is 10.3 Å². The number of hydrazine groups is 1. The van der Waals surface area contributed by atoms with Crippen molar-refractivity contribution in [3.63, 3.8) is 0 Å². The standard InChI is InChI=1S/C21H23FN4O/c22-18-8-4-5-9-20(18)25-14-12-24(13-15-25)16-21(27)26-19(10-11-23-26)17-6-2-1-3-7-17/h1-11,19,23H,12-16H2/t19-/m1/s1. The van der Waals surface area contributed by atoms with Gasteiger partial charge < -0.3 is 10.3 Å². The molecule has 1 fully saturated rings. The number of para-hydroxylation sites is 1. The molecule has 1 amide bonds. The Bertz CT molecular complexity index is 818. The highest BCUT2D eigenvalue weighted by atomic mass is 19.1. The molecule has 4 rings (SSSR count). The van der Waals surface area contributed by atoms with Gasteiger partial charge >= 0.3 is 0 Å². The van der Waals surface area contributed by atoms with E-state index in [0.29, 0.717) is 25.3 Å². The van der Waals surface area contributed by atoms with E-state index in [1.807, 2.05) is 53.6 Å². The van der Waals surface area contributed by atoms with Crippen molar-refractivity contribution >= 4 is 11.6 Å². The van der Waals surface area contributed by atoms with Gasteiger partial charge in [0.05, 0.1) is 18.3 Å². The number of carbonyl (C=O) groups is 1. The van der Waals surface area contributed by atoms with Crippen LogP contribution in [-0.4, -0.2) is 48.5 Å². The number of carbonyl (C=O) groups excluding carboxylic acids is 1. The molecule has 2 aliphatic rings. The van der Waals surface area contributed by atoms with E-state index in [1.165, 1.54) is 6.07 Å². The van der Waals surface area contributed by atoms with Gasteiger partial charge in [-0.2, -0.15) is 0 Å². The summed E-state index contributed by atoms with van der Waals surface area (Å²) in [4.78, 5) is 17.0. The number of nitrogens with zero attached hydrogens (tertiary/aromatic N) is 3. The topological polar surface area (TPSA) is 38.8 Å². The maximum atomic E-state index is 14.0. The minimum atomic E-state index is -0.194. The van der Waals surface area contributed by atoms with Crippen LogP contribution in [0.2, 0.25) is 0 Å². The van der Waals surface area contributed by atoms with E-state index < -0.39 is 0 Å². The van der Waals surface area contributed by atoms with Gasteiger partial charge in [-0.15, -0.1) is 0 Å². The summed E-state index contributed by atoms with van der Waals surface area (Å²) in [6.07, 6.45) is 3.80. The summed E-state index contributed by atoms with van der Waals surface area (Å²) in [6, 6.07) is 16.7. The highest BCUT2D eigenvalue weighted by Gasteiger charge is 2.28. The van der Waals surface area contributed by atoms with Crippen LogP contribution < -0.4 is 10.3 Å². The number of hydrogen-bond donors (Lipinski definition) is 1. The normalized spacial score (nSPS) is 20.0. The lowest BCUT2D eigenvalue weighted by molar-refractivity contribution is -0.136. The Labute approximate surface area is 158 Å². The number of piperazine rings is 1. The molecule has 140 valence electrons. The molecule has 0 radical (unpaired) electrons. The molecule has 0 unspecified atom stereocenters. The maximum absolute atomic E-state index is 14.0. The predicted octanol–water partition coefficient (Wildman–Crippen LogP) is 2.55. The van der Waals surface area contributed by atoms with Crippen LogP contribution in [-0.2, 0) is 4.79 Å². The fraction of sp³-hybridized carbons (Fsp3) is 0.286. The Morgan fingerprint density at radius 1 is 1.00 bits per heavy atom. The van der Waals surface area contributed by atoms with Crippen molar-refractivity contribution in [2.75, 3.05) is 37.6 Å². The van der Waals surface area contributed by atoms with Crippen LogP contribution in [0.5, 0.6) is 0 Å². The molecule has 1 atom stereocenters. The van der Waals surface area contributed by atoms with Gasteiger partial charge in [-0.1, -0.05) is 42.5 Å². The minimum Gasteiger partial charge on any atom is -0.367 e. The first-order chi connectivity index (χ1) is 13.2. The summed E-state index contributed by atoms with van der Waals surface area (Å²) in [6.45, 7) is 3.24. The van der Waals surface area contributed by atoms with Crippen LogP contribution in [0.15, 0.2) is 66.9 Å². The smallest absolute Gasteiger partial charge is 0.255 e. The molecule has 0 bridgehead atoms. The van der Waals surface area contributed by atoms with E-state index in [9.17, 15) is 9.18 Å². The average Bonchev–Trinajstić information content (AvgIpc) is 3.20. The Hall–Kier alpha value is -2.86. The summed E-state index contributed by atoms with van der Waals surface area (Å²) in [5, 5.41) is 1.68. The van der Waals surface area contributed by atoms with E-state index in [4.69, 9.17) is 0 Å². The first-order valence-corrected chi connectivity index (χ1v) is 9.24. The Morgan fingerprint density at radius 3 is 2.44 bits per heavy atom. The van der Waals surface area contributed by atoms with Gasteiger partial charge in [-0.05, 0) is 23.8 Å². The molecule has 2 aromatic rings. The highest BCUT2D eigenvalue weighted by molar-refractivity contribution is 5.79. The van der Waals surface area contributed by atoms with Gasteiger partial charge in [0.2, 0.25) is 0 Å². The van der Waals surface area contributed by atoms with Gasteiger partial charge in [0, 0.05) is 32.4 Å². The Morgan fingerprint density at radius 2 is 1.70 bits per heavy atom. The fourth-order valence-electron chi connectivity index (χ4n) is 3.64. The zero-order valence-electron chi connectivity index (χ0n) is 15.1. The Kier molecular flexibility index (Phi) is 5.07. The van der Waals surface area contributed by atoms with Crippen molar-refractivity contribution in [2.24, 2.45) is 0 Å². The molecule has 5 nitrogen and oxygen atoms in total. The number of anilines is 1. The van der Waals surface area contributed by atoms with Crippen molar-refractivity contribution in [1.82, 2.24) is 15.3 Å². The van der Waals surface area contributed by atoms with Crippen LogP contribution in [0.3, 0.4) is 0 Å². The number of benzene rings is 2. The molecule has 2 aliphatic heterocycles. The second kappa shape index (κ2) is 7.80. The summed E-state index contributed by atoms with van der Waals surface area (Å²) in [5.41, 5.74) is 4.77. The lowest BCUT2D eigenvalue weighted by Gasteiger charge is -2.36.